The summed E-state index contributed by atoms with van der Waals surface area (Å²) in [5, 5.41) is 14.0. The molecule has 0 saturated heterocycles. The molecule has 21 heavy (non-hydrogen) atoms. The monoisotopic (exact) mass is 306 g/mol. The topological polar surface area (TPSA) is 79.3 Å². The number of allylic oxidation sites excluding steroid dienone is 2. The molecule has 2 N–H and O–H groups in total. The van der Waals surface area contributed by atoms with E-state index in [0.717, 1.165) is 11.4 Å². The van der Waals surface area contributed by atoms with Gasteiger partial charge < -0.3 is 10.4 Å². The third-order valence-corrected chi connectivity index (χ3v) is 5.20. The Bertz CT molecular complexity index is 581. The van der Waals surface area contributed by atoms with Crippen LogP contribution in [-0.4, -0.2) is 28.5 Å². The van der Waals surface area contributed by atoms with Gasteiger partial charge in [0.25, 0.3) is 0 Å². The second kappa shape index (κ2) is 5.97. The van der Waals surface area contributed by atoms with Crippen LogP contribution in [0.4, 0.5) is 0 Å². The highest BCUT2D eigenvalue weighted by atomic mass is 32.1. The maximum atomic E-state index is 11.9. The lowest BCUT2D eigenvalue weighted by Crippen LogP contribution is -2.28. The van der Waals surface area contributed by atoms with Crippen molar-refractivity contribution >= 4 is 23.2 Å². The summed E-state index contributed by atoms with van der Waals surface area (Å²) in [4.78, 5) is 26.7. The molecule has 0 unspecified atom stereocenters. The largest absolute Gasteiger partial charge is 0.476 e. The molecule has 1 aromatic heterocycles. The van der Waals surface area contributed by atoms with E-state index in [1.165, 1.54) is 23.1 Å². The van der Waals surface area contributed by atoms with E-state index in [-0.39, 0.29) is 11.6 Å². The van der Waals surface area contributed by atoms with Crippen molar-refractivity contribution in [1.82, 2.24) is 10.3 Å². The minimum absolute atomic E-state index is 0.0788. The molecule has 2 aliphatic carbocycles. The molecule has 1 heterocycles. The number of carbonyl (C=O) groups excluding carboxylic acids is 1. The molecule has 0 radical (unpaired) electrons. The zero-order chi connectivity index (χ0) is 14.8. The van der Waals surface area contributed by atoms with Crippen molar-refractivity contribution < 1.29 is 14.7 Å². The summed E-state index contributed by atoms with van der Waals surface area (Å²) >= 11 is 1.32. The number of thiazole rings is 1. The molecular weight excluding hydrogens is 288 g/mol. The standard InChI is InChI=1S/C15H18N2O3S/c18-13(7-11-6-9-1-2-10(11)5-9)16-4-3-14-17-12(8-21-14)15(19)20/h1-2,8-11H,3-7H2,(H,16,18)(H,19,20)/t9-,10+,11+/m1/s1. The van der Waals surface area contributed by atoms with Crippen molar-refractivity contribution in [1.29, 1.82) is 0 Å². The first kappa shape index (κ1) is 14.3. The second-order valence-electron chi connectivity index (χ2n) is 5.78. The summed E-state index contributed by atoms with van der Waals surface area (Å²) in [6.07, 6.45) is 8.08. The van der Waals surface area contributed by atoms with Crippen LogP contribution >= 0.6 is 11.3 Å². The van der Waals surface area contributed by atoms with Crippen LogP contribution in [0, 0.1) is 17.8 Å². The van der Waals surface area contributed by atoms with Gasteiger partial charge in [-0.1, -0.05) is 12.2 Å². The number of fused-ring (bicyclic) bond motifs is 2. The molecule has 112 valence electrons. The zero-order valence-electron chi connectivity index (χ0n) is 11.6. The summed E-state index contributed by atoms with van der Waals surface area (Å²) in [5.74, 6) is 0.871. The second-order valence-corrected chi connectivity index (χ2v) is 6.72. The third-order valence-electron chi connectivity index (χ3n) is 4.30. The van der Waals surface area contributed by atoms with E-state index in [0.29, 0.717) is 37.1 Å². The van der Waals surface area contributed by atoms with Crippen LogP contribution in [0.25, 0.3) is 0 Å². The lowest BCUT2D eigenvalue weighted by atomic mass is 9.90. The van der Waals surface area contributed by atoms with Gasteiger partial charge in [-0.25, -0.2) is 9.78 Å². The smallest absolute Gasteiger partial charge is 0.355 e. The Balaban J connectivity index is 1.39. The van der Waals surface area contributed by atoms with Crippen LogP contribution in [0.1, 0.15) is 34.8 Å². The fraction of sp³-hybridized carbons (Fsp3) is 0.533. The van der Waals surface area contributed by atoms with Gasteiger partial charge in [0.05, 0.1) is 5.01 Å². The van der Waals surface area contributed by atoms with Crippen LogP contribution < -0.4 is 5.32 Å². The fourth-order valence-electron chi connectivity index (χ4n) is 3.27. The predicted molar refractivity (Wildman–Crippen MR) is 79.2 cm³/mol. The van der Waals surface area contributed by atoms with Crippen molar-refractivity contribution in [2.45, 2.75) is 25.7 Å². The Kier molecular flexibility index (Phi) is 4.05. The number of aromatic carboxylic acids is 1. The Morgan fingerprint density at radius 1 is 1.38 bits per heavy atom. The molecule has 2 bridgehead atoms. The normalized spacial score (nSPS) is 26.2. The number of amides is 1. The molecule has 0 aromatic carbocycles. The van der Waals surface area contributed by atoms with E-state index >= 15 is 0 Å². The van der Waals surface area contributed by atoms with Crippen LogP contribution in [0.2, 0.25) is 0 Å². The molecule has 3 atom stereocenters. The van der Waals surface area contributed by atoms with Gasteiger partial charge in [-0.3, -0.25) is 4.79 Å². The molecule has 0 spiro atoms. The number of carboxylic acids is 1. The molecule has 1 amide bonds. The lowest BCUT2D eigenvalue weighted by Gasteiger charge is -2.17. The van der Waals surface area contributed by atoms with E-state index in [9.17, 15) is 9.59 Å². The van der Waals surface area contributed by atoms with Crippen molar-refractivity contribution in [3.05, 3.63) is 28.2 Å². The summed E-state index contributed by atoms with van der Waals surface area (Å²) < 4.78 is 0. The molecule has 3 rings (SSSR count). The Labute approximate surface area is 127 Å². The first-order chi connectivity index (χ1) is 10.1. The lowest BCUT2D eigenvalue weighted by molar-refractivity contribution is -0.122. The number of hydrogen-bond donors (Lipinski definition) is 2. The average Bonchev–Trinajstić information content (AvgIpc) is 3.13. The number of nitrogens with one attached hydrogen (secondary N) is 1. The van der Waals surface area contributed by atoms with Crippen molar-refractivity contribution in [2.24, 2.45) is 17.8 Å². The van der Waals surface area contributed by atoms with Crippen molar-refractivity contribution in [3.8, 4) is 0 Å². The van der Waals surface area contributed by atoms with Gasteiger partial charge in [0, 0.05) is 24.8 Å². The fourth-order valence-corrected chi connectivity index (χ4v) is 4.04. The van der Waals surface area contributed by atoms with E-state index in [1.54, 1.807) is 0 Å². The molecule has 6 heteroatoms. The highest BCUT2D eigenvalue weighted by Gasteiger charge is 2.36. The predicted octanol–water partition coefficient (Wildman–Crippen LogP) is 2.10. The van der Waals surface area contributed by atoms with Crippen LogP contribution in [0.15, 0.2) is 17.5 Å². The molecular formula is C15H18N2O3S. The van der Waals surface area contributed by atoms with E-state index in [1.807, 2.05) is 0 Å². The highest BCUT2D eigenvalue weighted by molar-refractivity contribution is 7.09. The van der Waals surface area contributed by atoms with Gasteiger partial charge in [0.1, 0.15) is 0 Å². The van der Waals surface area contributed by atoms with Gasteiger partial charge in [-0.2, -0.15) is 0 Å². The van der Waals surface area contributed by atoms with Crippen molar-refractivity contribution in [2.75, 3.05) is 6.54 Å². The van der Waals surface area contributed by atoms with Crippen LogP contribution in [0.5, 0.6) is 0 Å². The summed E-state index contributed by atoms with van der Waals surface area (Å²) in [6, 6.07) is 0. The first-order valence-corrected chi connectivity index (χ1v) is 8.12. The maximum Gasteiger partial charge on any atom is 0.355 e. The van der Waals surface area contributed by atoms with E-state index < -0.39 is 5.97 Å². The number of hydrogen-bond acceptors (Lipinski definition) is 4. The van der Waals surface area contributed by atoms with Gasteiger partial charge in [-0.05, 0) is 30.6 Å². The SMILES string of the molecule is O=C(C[C@@H]1C[C@@H]2C=C[C@H]1C2)NCCc1nc(C(=O)O)cs1. The minimum Gasteiger partial charge on any atom is -0.476 e. The molecule has 0 aliphatic heterocycles. The van der Waals surface area contributed by atoms with Gasteiger partial charge in [-0.15, -0.1) is 11.3 Å². The molecule has 1 aromatic rings. The molecule has 1 saturated carbocycles. The summed E-state index contributed by atoms with van der Waals surface area (Å²) in [7, 11) is 0. The molecule has 5 nitrogen and oxygen atoms in total. The van der Waals surface area contributed by atoms with Gasteiger partial charge in [0.15, 0.2) is 5.69 Å². The van der Waals surface area contributed by atoms with Gasteiger partial charge in [0.2, 0.25) is 5.91 Å². The average molecular weight is 306 g/mol. The van der Waals surface area contributed by atoms with Crippen LogP contribution in [-0.2, 0) is 11.2 Å². The highest BCUT2D eigenvalue weighted by Crippen LogP contribution is 2.44. The Hall–Kier alpha value is -1.69. The minimum atomic E-state index is -1.01. The van der Waals surface area contributed by atoms with Crippen molar-refractivity contribution in [3.63, 3.8) is 0 Å². The molecule has 1 fully saturated rings. The maximum absolute atomic E-state index is 11.9. The van der Waals surface area contributed by atoms with Gasteiger partial charge >= 0.3 is 5.97 Å². The number of carboxylic acid groups (broad SMARTS) is 1. The first-order valence-electron chi connectivity index (χ1n) is 7.24. The number of nitrogens with zero attached hydrogens (tertiary/aromatic N) is 1. The third kappa shape index (κ3) is 3.32. The summed E-state index contributed by atoms with van der Waals surface area (Å²) in [6.45, 7) is 0.516. The van der Waals surface area contributed by atoms with E-state index in [4.69, 9.17) is 5.11 Å². The zero-order valence-corrected chi connectivity index (χ0v) is 12.4. The van der Waals surface area contributed by atoms with E-state index in [2.05, 4.69) is 22.5 Å². The number of carbonyl (C=O) groups is 2. The number of aromatic nitrogens is 1. The summed E-state index contributed by atoms with van der Waals surface area (Å²) in [5.41, 5.74) is 0.0788. The van der Waals surface area contributed by atoms with Crippen LogP contribution in [0.3, 0.4) is 0 Å². The quantitative estimate of drug-likeness (QED) is 0.789. The number of rotatable bonds is 6. The molecule has 2 aliphatic rings. The Morgan fingerprint density at radius 3 is 2.86 bits per heavy atom. The Morgan fingerprint density at radius 2 is 2.24 bits per heavy atom.